The van der Waals surface area contributed by atoms with E-state index in [-0.39, 0.29) is 28.8 Å². The maximum absolute atomic E-state index is 13.3. The number of benzene rings is 1. The topological polar surface area (TPSA) is 141 Å². The van der Waals surface area contributed by atoms with Crippen LogP contribution in [0.15, 0.2) is 50.9 Å². The van der Waals surface area contributed by atoms with E-state index in [1.54, 1.807) is 20.8 Å². The van der Waals surface area contributed by atoms with Crippen molar-refractivity contribution in [3.05, 3.63) is 68.0 Å². The molecule has 0 aliphatic carbocycles. The Morgan fingerprint density at radius 2 is 1.86 bits per heavy atom. The molecule has 1 amide bonds. The minimum Gasteiger partial charge on any atom is -0.459 e. The first-order chi connectivity index (χ1) is 17.0. The molecule has 2 heterocycles. The van der Waals surface area contributed by atoms with Crippen LogP contribution in [0.25, 0.3) is 11.0 Å². The summed E-state index contributed by atoms with van der Waals surface area (Å²) in [6.07, 6.45) is 1.38. The van der Waals surface area contributed by atoms with Gasteiger partial charge in [-0.3, -0.25) is 19.0 Å². The van der Waals surface area contributed by atoms with Crippen molar-refractivity contribution < 1.29 is 14.3 Å². The van der Waals surface area contributed by atoms with E-state index < -0.39 is 29.6 Å². The van der Waals surface area contributed by atoms with Gasteiger partial charge < -0.3 is 10.1 Å². The van der Waals surface area contributed by atoms with E-state index in [1.165, 1.54) is 12.3 Å². The first kappa shape index (κ1) is 28.5. The Kier molecular flexibility index (Phi) is 9.77. The van der Waals surface area contributed by atoms with Crippen LogP contribution >= 0.6 is 15.9 Å². The molecule has 2 aromatic heterocycles. The number of halogens is 1. The van der Waals surface area contributed by atoms with Crippen molar-refractivity contribution in [2.24, 2.45) is 5.11 Å². The molecule has 0 saturated heterocycles. The second-order valence-corrected chi connectivity index (χ2v) is 9.45. The molecule has 36 heavy (non-hydrogen) atoms. The van der Waals surface area contributed by atoms with Crippen LogP contribution in [0.5, 0.6) is 0 Å². The van der Waals surface area contributed by atoms with Gasteiger partial charge in [-0.15, -0.1) is 0 Å². The van der Waals surface area contributed by atoms with E-state index in [0.717, 1.165) is 15.7 Å². The van der Waals surface area contributed by atoms with Gasteiger partial charge >= 0.3 is 5.97 Å². The number of esters is 1. The van der Waals surface area contributed by atoms with Crippen LogP contribution in [0.4, 0.5) is 5.69 Å². The predicted octanol–water partition coefficient (Wildman–Crippen LogP) is 4.95. The molecule has 0 radical (unpaired) electrons. The Morgan fingerprint density at radius 1 is 1.22 bits per heavy atom. The number of carbonyl (C=O) groups is 2. The van der Waals surface area contributed by atoms with Crippen molar-refractivity contribution in [2.45, 2.75) is 60.2 Å². The van der Waals surface area contributed by atoms with Crippen LogP contribution in [0, 0.1) is 12.5 Å². The quantitative estimate of drug-likeness (QED) is 0.250. The average molecular weight is 558 g/mol. The number of hydrogen-bond acceptors (Lipinski definition) is 7. The number of pyridine rings is 2. The number of amides is 1. The predicted molar refractivity (Wildman–Crippen MR) is 140 cm³/mol. The van der Waals surface area contributed by atoms with E-state index >= 15 is 0 Å². The summed E-state index contributed by atoms with van der Waals surface area (Å²) in [4.78, 5) is 46.1. The van der Waals surface area contributed by atoms with E-state index in [9.17, 15) is 14.4 Å². The fourth-order valence-corrected chi connectivity index (χ4v) is 3.62. The smallest absolute Gasteiger partial charge is 0.326 e. The molecule has 0 bridgehead atoms. The Morgan fingerprint density at radius 3 is 2.44 bits per heavy atom. The number of aryl methyl sites for hydroxylation is 1. The summed E-state index contributed by atoms with van der Waals surface area (Å²) in [5.41, 5.74) is 7.71. The maximum Gasteiger partial charge on any atom is 0.326 e. The number of nitrogens with zero attached hydrogens (tertiary/aromatic N) is 4. The second-order valence-electron chi connectivity index (χ2n) is 8.60. The highest BCUT2D eigenvalue weighted by atomic mass is 79.9. The molecule has 2 N–H and O–H groups in total. The summed E-state index contributed by atoms with van der Waals surface area (Å²) >= 11 is 3.30. The number of carbonyl (C=O) groups excluding carboxylic acids is 2. The molecule has 0 saturated carbocycles. The minimum absolute atomic E-state index is 0.108. The third-order valence-corrected chi connectivity index (χ3v) is 5.30. The minimum atomic E-state index is -0.763. The van der Waals surface area contributed by atoms with Crippen molar-refractivity contribution in [1.29, 1.82) is 5.53 Å². The first-order valence-corrected chi connectivity index (χ1v) is 12.1. The van der Waals surface area contributed by atoms with Crippen LogP contribution in [-0.4, -0.2) is 27.0 Å². The Hall–Kier alpha value is -3.69. The lowest BCUT2D eigenvalue weighted by Crippen LogP contribution is -2.36. The Balaban J connectivity index is 0.00000222. The fraction of sp³-hybridized carbons (Fsp3) is 0.360. The van der Waals surface area contributed by atoms with Crippen LogP contribution < -0.4 is 15.8 Å². The maximum atomic E-state index is 13.3. The van der Waals surface area contributed by atoms with Crippen molar-refractivity contribution in [2.75, 3.05) is 0 Å². The van der Waals surface area contributed by atoms with Crippen molar-refractivity contribution in [3.63, 3.8) is 0 Å². The van der Waals surface area contributed by atoms with Gasteiger partial charge in [-0.2, -0.15) is 0 Å². The molecule has 10 nitrogen and oxygen atoms in total. The highest BCUT2D eigenvalue weighted by Gasteiger charge is 2.24. The van der Waals surface area contributed by atoms with E-state index in [4.69, 9.17) is 10.3 Å². The summed E-state index contributed by atoms with van der Waals surface area (Å²) in [7, 11) is 0. The van der Waals surface area contributed by atoms with Crippen molar-refractivity contribution >= 4 is 44.5 Å². The molecule has 11 heteroatoms. The molecule has 0 spiro atoms. The van der Waals surface area contributed by atoms with Gasteiger partial charge in [-0.1, -0.05) is 43.7 Å². The third-order valence-electron chi connectivity index (χ3n) is 4.72. The largest absolute Gasteiger partial charge is 0.459 e. The van der Waals surface area contributed by atoms with Crippen LogP contribution in [0.2, 0.25) is 0 Å². The van der Waals surface area contributed by atoms with Gasteiger partial charge in [0.2, 0.25) is 4.91 Å². The molecule has 0 atom stereocenters. The molecule has 0 aliphatic heterocycles. The van der Waals surface area contributed by atoms with Crippen LogP contribution in [0.3, 0.4) is 0 Å². The second kappa shape index (κ2) is 12.3. The first-order valence-electron chi connectivity index (χ1n) is 11.4. The lowest BCUT2D eigenvalue weighted by molar-refractivity contribution is -0.155. The lowest BCUT2D eigenvalue weighted by Gasteiger charge is -2.20. The Labute approximate surface area is 217 Å². The number of aromatic nitrogens is 2. The highest BCUT2D eigenvalue weighted by Crippen LogP contribution is 2.32. The SMILES string of the molecule is CC.Cc1ccc(CNC(=O)c2cc3c(N=[N+]=N)c(Br)cnc3n(CC(=O)OC(C)(C)C)c2=O)cc1. The molecule has 3 rings (SSSR count). The van der Waals surface area contributed by atoms with Gasteiger partial charge in [-0.05, 0) is 55.3 Å². The number of ether oxygens (including phenoxy) is 1. The van der Waals surface area contributed by atoms with E-state index in [1.807, 2.05) is 45.0 Å². The zero-order chi connectivity index (χ0) is 27.0. The summed E-state index contributed by atoms with van der Waals surface area (Å²) in [5.74, 6) is -1.29. The van der Waals surface area contributed by atoms with Gasteiger partial charge in [0.15, 0.2) is 10.8 Å². The molecule has 0 unspecified atom stereocenters. The standard InChI is InChI=1S/C23H23BrN6O4.C2H6/c1-13-5-7-14(8-6-13)10-27-21(32)16-9-15-19(28-29-25)17(24)11-26-20(15)30(22(16)33)12-18(31)34-23(2,3)4;1-2/h5-9,11,25H,10,12H2,1-4H3;1-2H3/p+1. The van der Waals surface area contributed by atoms with E-state index in [2.05, 4.69) is 36.3 Å². The molecule has 0 fully saturated rings. The summed E-state index contributed by atoms with van der Waals surface area (Å²) in [6, 6.07) is 8.95. The lowest BCUT2D eigenvalue weighted by atomic mass is 10.1. The number of hydrogen-bond donors (Lipinski definition) is 2. The molecule has 190 valence electrons. The molecule has 3 aromatic rings. The molecular weight excluding hydrogens is 528 g/mol. The highest BCUT2D eigenvalue weighted by molar-refractivity contribution is 9.10. The third kappa shape index (κ3) is 7.16. The van der Waals surface area contributed by atoms with Crippen molar-refractivity contribution in [3.8, 4) is 0 Å². The summed E-state index contributed by atoms with van der Waals surface area (Å²) in [5, 5.41) is 6.79. The van der Waals surface area contributed by atoms with Gasteiger partial charge in [-0.25, -0.2) is 4.98 Å². The summed E-state index contributed by atoms with van der Waals surface area (Å²) < 4.78 is 6.83. The monoisotopic (exact) mass is 557 g/mol. The van der Waals surface area contributed by atoms with Gasteiger partial charge in [0.1, 0.15) is 28.9 Å². The average Bonchev–Trinajstić information content (AvgIpc) is 2.82. The van der Waals surface area contributed by atoms with E-state index in [0.29, 0.717) is 4.47 Å². The molecular formula is C25H30BrN6O4+. The number of nitrogens with one attached hydrogen (secondary N) is 2. The molecule has 0 aliphatic rings. The number of rotatable bonds is 6. The van der Waals surface area contributed by atoms with Gasteiger partial charge in [0.25, 0.3) is 11.5 Å². The normalized spacial score (nSPS) is 10.6. The number of fused-ring (bicyclic) bond motifs is 1. The molecule has 1 aromatic carbocycles. The van der Waals surface area contributed by atoms with Gasteiger partial charge in [0.05, 0.1) is 9.86 Å². The van der Waals surface area contributed by atoms with Gasteiger partial charge in [0, 0.05) is 12.7 Å². The fourth-order valence-electron chi connectivity index (χ4n) is 3.23. The Bertz CT molecular complexity index is 1370. The van der Waals surface area contributed by atoms with Crippen molar-refractivity contribution in [1.82, 2.24) is 19.8 Å². The zero-order valence-corrected chi connectivity index (χ0v) is 22.8. The van der Waals surface area contributed by atoms with Crippen LogP contribution in [0.1, 0.15) is 56.1 Å². The summed E-state index contributed by atoms with van der Waals surface area (Å²) in [6.45, 7) is 10.8. The zero-order valence-electron chi connectivity index (χ0n) is 21.2. The van der Waals surface area contributed by atoms with Crippen LogP contribution in [-0.2, 0) is 22.6 Å².